The predicted molar refractivity (Wildman–Crippen MR) is 52.2 cm³/mol. The lowest BCUT2D eigenvalue weighted by Gasteiger charge is -2.25. The minimum absolute atomic E-state index is 0.0878. The highest BCUT2D eigenvalue weighted by molar-refractivity contribution is 7.98. The summed E-state index contributed by atoms with van der Waals surface area (Å²) in [5.74, 6) is 1.13. The lowest BCUT2D eigenvalue weighted by molar-refractivity contribution is 0.233. The summed E-state index contributed by atoms with van der Waals surface area (Å²) >= 11 is 1.84. The molecule has 0 spiro atoms. The Balaban J connectivity index is 3.38. The summed E-state index contributed by atoms with van der Waals surface area (Å²) in [6.45, 7) is 5.51. The van der Waals surface area contributed by atoms with Crippen molar-refractivity contribution in [2.75, 3.05) is 25.2 Å². The van der Waals surface area contributed by atoms with Crippen LogP contribution in [-0.4, -0.2) is 35.8 Å². The van der Waals surface area contributed by atoms with Gasteiger partial charge in [-0.05, 0) is 26.5 Å². The highest BCUT2D eigenvalue weighted by Crippen LogP contribution is 2.06. The fourth-order valence-corrected chi connectivity index (χ4v) is 1.17. The molecule has 0 fully saturated rings. The van der Waals surface area contributed by atoms with Gasteiger partial charge in [0.05, 0.1) is 0 Å². The van der Waals surface area contributed by atoms with Crippen LogP contribution in [0, 0.1) is 0 Å². The third-order valence-corrected chi connectivity index (χ3v) is 2.26. The van der Waals surface area contributed by atoms with E-state index in [-0.39, 0.29) is 12.1 Å². The fraction of sp³-hybridized carbons (Fsp3) is 1.00. The van der Waals surface area contributed by atoms with Gasteiger partial charge in [0.1, 0.15) is 0 Å². The summed E-state index contributed by atoms with van der Waals surface area (Å²) < 4.78 is 0. The SMILES string of the molecule is CSCCNC(C)(C)CCO. The molecule has 0 amide bonds. The van der Waals surface area contributed by atoms with Crippen LogP contribution in [0.15, 0.2) is 0 Å². The summed E-state index contributed by atoms with van der Waals surface area (Å²) in [7, 11) is 0. The van der Waals surface area contributed by atoms with Gasteiger partial charge in [-0.15, -0.1) is 0 Å². The van der Waals surface area contributed by atoms with Gasteiger partial charge in [-0.3, -0.25) is 0 Å². The van der Waals surface area contributed by atoms with Gasteiger partial charge in [0, 0.05) is 24.4 Å². The monoisotopic (exact) mass is 177 g/mol. The van der Waals surface area contributed by atoms with Crippen molar-refractivity contribution in [3.8, 4) is 0 Å². The molecule has 2 N–H and O–H groups in total. The van der Waals surface area contributed by atoms with Crippen molar-refractivity contribution in [2.45, 2.75) is 25.8 Å². The third kappa shape index (κ3) is 6.66. The molecule has 0 aromatic rings. The van der Waals surface area contributed by atoms with E-state index in [4.69, 9.17) is 5.11 Å². The van der Waals surface area contributed by atoms with E-state index in [0.717, 1.165) is 18.7 Å². The Labute approximate surface area is 73.8 Å². The van der Waals surface area contributed by atoms with E-state index in [1.807, 2.05) is 11.8 Å². The molecule has 0 aliphatic carbocycles. The predicted octanol–water partition coefficient (Wildman–Crippen LogP) is 1.10. The van der Waals surface area contributed by atoms with Crippen LogP contribution < -0.4 is 5.32 Å². The largest absolute Gasteiger partial charge is 0.396 e. The summed E-state index contributed by atoms with van der Waals surface area (Å²) in [4.78, 5) is 0. The highest BCUT2D eigenvalue weighted by Gasteiger charge is 2.14. The molecule has 0 aliphatic heterocycles. The van der Waals surface area contributed by atoms with Crippen LogP contribution in [0.3, 0.4) is 0 Å². The number of rotatable bonds is 6. The number of hydrogen-bond acceptors (Lipinski definition) is 3. The summed E-state index contributed by atoms with van der Waals surface area (Å²) in [6.07, 6.45) is 2.92. The molecule has 0 saturated heterocycles. The lowest BCUT2D eigenvalue weighted by atomic mass is 10.0. The minimum Gasteiger partial charge on any atom is -0.396 e. The Hall–Kier alpha value is 0.270. The Morgan fingerprint density at radius 2 is 2.09 bits per heavy atom. The van der Waals surface area contributed by atoms with Crippen molar-refractivity contribution in [3.63, 3.8) is 0 Å². The van der Waals surface area contributed by atoms with Gasteiger partial charge in [-0.1, -0.05) is 0 Å². The van der Waals surface area contributed by atoms with E-state index in [2.05, 4.69) is 25.4 Å². The zero-order valence-corrected chi connectivity index (χ0v) is 8.50. The smallest absolute Gasteiger partial charge is 0.0448 e. The number of aliphatic hydroxyl groups is 1. The van der Waals surface area contributed by atoms with E-state index in [0.29, 0.717) is 0 Å². The van der Waals surface area contributed by atoms with Gasteiger partial charge in [0.15, 0.2) is 0 Å². The first kappa shape index (κ1) is 11.3. The average molecular weight is 177 g/mol. The first-order valence-electron chi connectivity index (χ1n) is 3.97. The van der Waals surface area contributed by atoms with Gasteiger partial charge < -0.3 is 10.4 Å². The van der Waals surface area contributed by atoms with E-state index in [9.17, 15) is 0 Å². The van der Waals surface area contributed by atoms with E-state index in [1.54, 1.807) is 0 Å². The molecule has 0 saturated carbocycles. The second kappa shape index (κ2) is 5.86. The molecular weight excluding hydrogens is 158 g/mol. The Kier molecular flexibility index (Phi) is 6.01. The molecule has 11 heavy (non-hydrogen) atoms. The number of aliphatic hydroxyl groups excluding tert-OH is 1. The third-order valence-electron chi connectivity index (χ3n) is 1.65. The molecule has 0 radical (unpaired) electrons. The summed E-state index contributed by atoms with van der Waals surface area (Å²) in [5, 5.41) is 12.1. The molecule has 68 valence electrons. The van der Waals surface area contributed by atoms with Crippen LogP contribution in [-0.2, 0) is 0 Å². The maximum absolute atomic E-state index is 8.71. The van der Waals surface area contributed by atoms with E-state index >= 15 is 0 Å². The van der Waals surface area contributed by atoms with Crippen molar-refractivity contribution in [1.29, 1.82) is 0 Å². The van der Waals surface area contributed by atoms with Gasteiger partial charge in [-0.2, -0.15) is 11.8 Å². The molecule has 0 aromatic heterocycles. The van der Waals surface area contributed by atoms with Crippen molar-refractivity contribution in [3.05, 3.63) is 0 Å². The maximum Gasteiger partial charge on any atom is 0.0448 e. The summed E-state index contributed by atoms with van der Waals surface area (Å²) in [5.41, 5.74) is 0.0878. The normalized spacial score (nSPS) is 12.0. The van der Waals surface area contributed by atoms with Crippen molar-refractivity contribution >= 4 is 11.8 Å². The molecule has 3 heteroatoms. The Morgan fingerprint density at radius 1 is 1.45 bits per heavy atom. The van der Waals surface area contributed by atoms with Crippen molar-refractivity contribution in [2.24, 2.45) is 0 Å². The quantitative estimate of drug-likeness (QED) is 0.596. The zero-order chi connectivity index (χ0) is 8.74. The Bertz CT molecular complexity index is 96.1. The van der Waals surface area contributed by atoms with Crippen LogP contribution in [0.2, 0.25) is 0 Å². The molecule has 0 aromatic carbocycles. The second-order valence-corrected chi connectivity index (χ2v) is 4.26. The molecular formula is C8H19NOS. The molecule has 0 aliphatic rings. The maximum atomic E-state index is 8.71. The fourth-order valence-electron chi connectivity index (χ4n) is 0.859. The van der Waals surface area contributed by atoms with Crippen LogP contribution in [0.4, 0.5) is 0 Å². The van der Waals surface area contributed by atoms with Crippen LogP contribution in [0.25, 0.3) is 0 Å². The first-order chi connectivity index (χ1) is 5.12. The molecule has 0 rings (SSSR count). The zero-order valence-electron chi connectivity index (χ0n) is 7.68. The second-order valence-electron chi connectivity index (χ2n) is 3.28. The van der Waals surface area contributed by atoms with Gasteiger partial charge in [0.2, 0.25) is 0 Å². The van der Waals surface area contributed by atoms with Crippen LogP contribution in [0.5, 0.6) is 0 Å². The molecule has 2 nitrogen and oxygen atoms in total. The Morgan fingerprint density at radius 3 is 2.55 bits per heavy atom. The van der Waals surface area contributed by atoms with Crippen molar-refractivity contribution < 1.29 is 5.11 Å². The van der Waals surface area contributed by atoms with Crippen molar-refractivity contribution in [1.82, 2.24) is 5.32 Å². The number of hydrogen-bond donors (Lipinski definition) is 2. The number of thioether (sulfide) groups is 1. The first-order valence-corrected chi connectivity index (χ1v) is 5.36. The van der Waals surface area contributed by atoms with E-state index < -0.39 is 0 Å². The molecule has 0 heterocycles. The van der Waals surface area contributed by atoms with Gasteiger partial charge in [0.25, 0.3) is 0 Å². The lowest BCUT2D eigenvalue weighted by Crippen LogP contribution is -2.41. The molecule has 0 atom stereocenters. The van der Waals surface area contributed by atoms with Gasteiger partial charge >= 0.3 is 0 Å². The molecule has 0 bridgehead atoms. The number of nitrogens with one attached hydrogen (secondary N) is 1. The van der Waals surface area contributed by atoms with Gasteiger partial charge in [-0.25, -0.2) is 0 Å². The average Bonchev–Trinajstić information content (AvgIpc) is 1.87. The van der Waals surface area contributed by atoms with Crippen LogP contribution >= 0.6 is 11.8 Å². The minimum atomic E-state index is 0.0878. The van der Waals surface area contributed by atoms with Crippen LogP contribution in [0.1, 0.15) is 20.3 Å². The highest BCUT2D eigenvalue weighted by atomic mass is 32.2. The topological polar surface area (TPSA) is 32.3 Å². The molecule has 0 unspecified atom stereocenters. The van der Waals surface area contributed by atoms with E-state index in [1.165, 1.54) is 0 Å². The standard InChI is InChI=1S/C8H19NOS/c1-8(2,4-6-10)9-5-7-11-3/h9-10H,4-7H2,1-3H3. The summed E-state index contributed by atoms with van der Waals surface area (Å²) in [6, 6.07) is 0.